The van der Waals surface area contributed by atoms with Gasteiger partial charge in [0.15, 0.2) is 0 Å². The fourth-order valence-electron chi connectivity index (χ4n) is 1.58. The van der Waals surface area contributed by atoms with E-state index in [1.165, 1.54) is 0 Å². The van der Waals surface area contributed by atoms with Gasteiger partial charge in [-0.25, -0.2) is 0 Å². The van der Waals surface area contributed by atoms with Crippen molar-refractivity contribution in [1.82, 2.24) is 4.98 Å². The highest BCUT2D eigenvalue weighted by Gasteiger charge is 2.01. The minimum atomic E-state index is 0.788. The molecule has 0 saturated carbocycles. The van der Waals surface area contributed by atoms with Crippen LogP contribution in [-0.2, 0) is 0 Å². The minimum Gasteiger partial charge on any atom is -0.464 e. The molecule has 0 bridgehead atoms. The standard InChI is InChI=1S/C13H8NO/c1-2-12(9-14-6-1)11-4-3-10-5-7-15-13(10)8-11/h1-7,9H. The van der Waals surface area contributed by atoms with Gasteiger partial charge < -0.3 is 4.42 Å². The molecular formula is C13H8NO. The van der Waals surface area contributed by atoms with Crippen LogP contribution in [0.5, 0.6) is 0 Å². The summed E-state index contributed by atoms with van der Waals surface area (Å²) < 4.78 is 5.30. The first-order chi connectivity index (χ1) is 7.43. The van der Waals surface area contributed by atoms with Crippen LogP contribution in [0.15, 0.2) is 53.4 Å². The van der Waals surface area contributed by atoms with Crippen molar-refractivity contribution >= 4 is 11.0 Å². The third-order valence-electron chi connectivity index (χ3n) is 2.35. The van der Waals surface area contributed by atoms with E-state index in [2.05, 4.69) is 11.1 Å². The lowest BCUT2D eigenvalue weighted by Gasteiger charge is -1.98. The second kappa shape index (κ2) is 3.24. The van der Waals surface area contributed by atoms with Gasteiger partial charge in [0.1, 0.15) is 5.58 Å². The first-order valence-corrected chi connectivity index (χ1v) is 4.73. The summed E-state index contributed by atoms with van der Waals surface area (Å²) in [5, 5.41) is 1.07. The van der Waals surface area contributed by atoms with Crippen LogP contribution in [0, 0.1) is 6.07 Å². The van der Waals surface area contributed by atoms with Gasteiger partial charge in [0.2, 0.25) is 0 Å². The van der Waals surface area contributed by atoms with E-state index < -0.39 is 0 Å². The Kier molecular flexibility index (Phi) is 1.78. The van der Waals surface area contributed by atoms with E-state index in [4.69, 9.17) is 4.42 Å². The summed E-state index contributed by atoms with van der Waals surface area (Å²) in [5.74, 6) is 0. The zero-order valence-corrected chi connectivity index (χ0v) is 7.97. The molecule has 3 rings (SSSR count). The van der Waals surface area contributed by atoms with E-state index in [9.17, 15) is 0 Å². The molecule has 71 valence electrons. The number of pyridine rings is 1. The Morgan fingerprint density at radius 2 is 2.13 bits per heavy atom. The number of hydrogen-bond acceptors (Lipinski definition) is 2. The summed E-state index contributed by atoms with van der Waals surface area (Å²) in [6.45, 7) is 0. The van der Waals surface area contributed by atoms with Gasteiger partial charge in [-0.15, -0.1) is 0 Å². The van der Waals surface area contributed by atoms with E-state index >= 15 is 0 Å². The predicted octanol–water partition coefficient (Wildman–Crippen LogP) is 3.29. The third-order valence-corrected chi connectivity index (χ3v) is 2.35. The lowest BCUT2D eigenvalue weighted by atomic mass is 10.1. The molecule has 1 radical (unpaired) electrons. The van der Waals surface area contributed by atoms with Gasteiger partial charge in [-0.3, -0.25) is 4.98 Å². The van der Waals surface area contributed by atoms with Crippen molar-refractivity contribution in [1.29, 1.82) is 0 Å². The molecule has 2 aromatic heterocycles. The molecule has 0 aliphatic carbocycles. The van der Waals surface area contributed by atoms with Crippen LogP contribution in [0.4, 0.5) is 0 Å². The van der Waals surface area contributed by atoms with Crippen molar-refractivity contribution in [2.24, 2.45) is 0 Å². The lowest BCUT2D eigenvalue weighted by Crippen LogP contribution is -1.78. The van der Waals surface area contributed by atoms with E-state index in [1.807, 2.05) is 36.5 Å². The summed E-state index contributed by atoms with van der Waals surface area (Å²) in [5.41, 5.74) is 2.85. The molecule has 0 unspecified atom stereocenters. The Labute approximate surface area is 87.2 Å². The fraction of sp³-hybridized carbons (Fsp3) is 0. The maximum absolute atomic E-state index is 5.30. The maximum Gasteiger partial charge on any atom is 0.142 e. The SMILES string of the molecule is [c]1c(-c2cccnc2)ccc2ccoc12. The van der Waals surface area contributed by atoms with Gasteiger partial charge in [-0.05, 0) is 17.7 Å². The van der Waals surface area contributed by atoms with E-state index in [0.29, 0.717) is 0 Å². The second-order valence-electron chi connectivity index (χ2n) is 3.32. The van der Waals surface area contributed by atoms with Crippen LogP contribution < -0.4 is 0 Å². The number of aromatic nitrogens is 1. The van der Waals surface area contributed by atoms with Crippen LogP contribution in [0.25, 0.3) is 22.1 Å². The Balaban J connectivity index is 2.19. The molecule has 0 aliphatic heterocycles. The molecule has 2 nitrogen and oxygen atoms in total. The van der Waals surface area contributed by atoms with Crippen LogP contribution in [0.2, 0.25) is 0 Å². The third kappa shape index (κ3) is 1.40. The Morgan fingerprint density at radius 3 is 3.00 bits per heavy atom. The summed E-state index contributed by atoms with van der Waals surface area (Å²) >= 11 is 0. The molecule has 0 amide bonds. The molecule has 0 saturated heterocycles. The number of benzene rings is 1. The van der Waals surface area contributed by atoms with Crippen LogP contribution >= 0.6 is 0 Å². The Morgan fingerprint density at radius 1 is 1.13 bits per heavy atom. The molecule has 3 aromatic rings. The van der Waals surface area contributed by atoms with Gasteiger partial charge in [0.05, 0.1) is 6.26 Å². The first kappa shape index (κ1) is 8.24. The zero-order chi connectivity index (χ0) is 10.1. The highest BCUT2D eigenvalue weighted by molar-refractivity contribution is 5.82. The average molecular weight is 194 g/mol. The van der Waals surface area contributed by atoms with Crippen molar-refractivity contribution < 1.29 is 4.42 Å². The van der Waals surface area contributed by atoms with Crippen LogP contribution in [-0.4, -0.2) is 4.98 Å². The van der Waals surface area contributed by atoms with Crippen LogP contribution in [0.1, 0.15) is 0 Å². The molecule has 2 heteroatoms. The largest absolute Gasteiger partial charge is 0.464 e. The van der Waals surface area contributed by atoms with Crippen molar-refractivity contribution in [3.8, 4) is 11.1 Å². The number of nitrogens with zero attached hydrogens (tertiary/aromatic N) is 1. The molecule has 0 fully saturated rings. The number of rotatable bonds is 1. The van der Waals surface area contributed by atoms with Crippen molar-refractivity contribution in [2.45, 2.75) is 0 Å². The van der Waals surface area contributed by atoms with Crippen molar-refractivity contribution in [2.75, 3.05) is 0 Å². The van der Waals surface area contributed by atoms with E-state index in [1.54, 1.807) is 12.5 Å². The van der Waals surface area contributed by atoms with Crippen molar-refractivity contribution in [3.05, 3.63) is 55.1 Å². The van der Waals surface area contributed by atoms with Crippen LogP contribution in [0.3, 0.4) is 0 Å². The molecule has 1 aromatic carbocycles. The quantitative estimate of drug-likeness (QED) is 0.594. The smallest absolute Gasteiger partial charge is 0.142 e. The topological polar surface area (TPSA) is 26.0 Å². The van der Waals surface area contributed by atoms with Crippen molar-refractivity contribution in [3.63, 3.8) is 0 Å². The highest BCUT2D eigenvalue weighted by Crippen LogP contribution is 2.23. The Bertz CT molecular complexity index is 584. The molecular weight excluding hydrogens is 186 g/mol. The van der Waals surface area contributed by atoms with Gasteiger partial charge >= 0.3 is 0 Å². The van der Waals surface area contributed by atoms with Gasteiger partial charge in [0, 0.05) is 29.4 Å². The van der Waals surface area contributed by atoms with E-state index in [0.717, 1.165) is 22.1 Å². The predicted molar refractivity (Wildman–Crippen MR) is 58.3 cm³/mol. The molecule has 0 atom stereocenters. The Hall–Kier alpha value is -2.09. The normalized spacial score (nSPS) is 10.7. The fourth-order valence-corrected chi connectivity index (χ4v) is 1.58. The second-order valence-corrected chi connectivity index (χ2v) is 3.32. The summed E-state index contributed by atoms with van der Waals surface area (Å²) in [6, 6.07) is 13.1. The highest BCUT2D eigenvalue weighted by atomic mass is 16.3. The molecule has 15 heavy (non-hydrogen) atoms. The zero-order valence-electron chi connectivity index (χ0n) is 7.97. The summed E-state index contributed by atoms with van der Waals surface area (Å²) in [7, 11) is 0. The number of fused-ring (bicyclic) bond motifs is 1. The maximum atomic E-state index is 5.30. The molecule has 2 heterocycles. The lowest BCUT2D eigenvalue weighted by molar-refractivity contribution is 0.615. The van der Waals surface area contributed by atoms with E-state index in [-0.39, 0.29) is 0 Å². The molecule has 0 aliphatic rings. The summed E-state index contributed by atoms with van der Waals surface area (Å²) in [4.78, 5) is 4.08. The first-order valence-electron chi connectivity index (χ1n) is 4.73. The number of furan rings is 1. The monoisotopic (exact) mass is 194 g/mol. The van der Waals surface area contributed by atoms with Gasteiger partial charge in [0.25, 0.3) is 0 Å². The minimum absolute atomic E-state index is 0.788. The molecule has 0 N–H and O–H groups in total. The average Bonchev–Trinajstić information content (AvgIpc) is 2.77. The van der Waals surface area contributed by atoms with Gasteiger partial charge in [-0.1, -0.05) is 18.2 Å². The molecule has 0 spiro atoms. The van der Waals surface area contributed by atoms with Gasteiger partial charge in [-0.2, -0.15) is 0 Å². The number of hydrogen-bond donors (Lipinski definition) is 0. The summed E-state index contributed by atoms with van der Waals surface area (Å²) in [6.07, 6.45) is 5.25.